The largest absolute Gasteiger partial charge is 0.316 e. The number of piperidine rings is 1. The number of nitrogens with zero attached hydrogens (tertiary/aromatic N) is 2. The van der Waals surface area contributed by atoms with Gasteiger partial charge in [-0.05, 0) is 31.4 Å². The van der Waals surface area contributed by atoms with Crippen LogP contribution in [0.25, 0.3) is 0 Å². The Hall–Kier alpha value is -1.66. The molecule has 114 valence electrons. The number of halogens is 1. The second-order valence-electron chi connectivity index (χ2n) is 5.35. The monoisotopic (exact) mass is 311 g/mol. The molecule has 6 nitrogen and oxygen atoms in total. The van der Waals surface area contributed by atoms with Crippen LogP contribution >= 0.6 is 12.4 Å². The Bertz CT molecular complexity index is 558. The number of amides is 1. The molecule has 0 bridgehead atoms. The van der Waals surface area contributed by atoms with Gasteiger partial charge in [-0.3, -0.25) is 14.9 Å². The lowest BCUT2D eigenvalue weighted by Crippen LogP contribution is -2.42. The second kappa shape index (κ2) is 6.41. The third kappa shape index (κ3) is 3.01. The first kappa shape index (κ1) is 15.7. The van der Waals surface area contributed by atoms with Crippen molar-refractivity contribution in [1.29, 1.82) is 0 Å². The van der Waals surface area contributed by atoms with Gasteiger partial charge >= 0.3 is 0 Å². The normalized spacial score (nSPS) is 20.6. The van der Waals surface area contributed by atoms with Gasteiger partial charge in [0.05, 0.1) is 16.5 Å². The van der Waals surface area contributed by atoms with Gasteiger partial charge < -0.3 is 10.2 Å². The number of non-ortho nitro benzene ring substituents is 1. The van der Waals surface area contributed by atoms with Crippen LogP contribution in [0.3, 0.4) is 0 Å². The van der Waals surface area contributed by atoms with E-state index in [-0.39, 0.29) is 29.9 Å². The van der Waals surface area contributed by atoms with Crippen molar-refractivity contribution in [2.45, 2.75) is 19.3 Å². The number of carbonyl (C=O) groups excluding carboxylic acids is 1. The Labute approximate surface area is 129 Å². The van der Waals surface area contributed by atoms with Crippen molar-refractivity contribution in [3.8, 4) is 0 Å². The quantitative estimate of drug-likeness (QED) is 0.668. The molecule has 0 spiro atoms. The van der Waals surface area contributed by atoms with Gasteiger partial charge in [0.25, 0.3) is 5.69 Å². The molecule has 1 unspecified atom stereocenters. The first-order chi connectivity index (χ1) is 9.66. The van der Waals surface area contributed by atoms with E-state index >= 15 is 0 Å². The standard InChI is InChI=1S/C14H17N3O3.ClH/c18-14(11-2-1-6-15-9-11)16-7-5-10-3-4-12(17(19)20)8-13(10)16;/h3-4,8,11,15H,1-2,5-7,9H2;1H. The topological polar surface area (TPSA) is 75.5 Å². The molecule has 2 heterocycles. The van der Waals surface area contributed by atoms with Crippen LogP contribution in [0, 0.1) is 16.0 Å². The first-order valence-corrected chi connectivity index (χ1v) is 6.96. The molecule has 3 rings (SSSR count). The maximum Gasteiger partial charge on any atom is 0.271 e. The molecule has 1 fully saturated rings. The van der Waals surface area contributed by atoms with Crippen molar-refractivity contribution in [3.63, 3.8) is 0 Å². The molecular weight excluding hydrogens is 294 g/mol. The van der Waals surface area contributed by atoms with Gasteiger partial charge in [0.15, 0.2) is 0 Å². The van der Waals surface area contributed by atoms with Gasteiger partial charge in [-0.1, -0.05) is 6.07 Å². The fourth-order valence-corrected chi connectivity index (χ4v) is 2.99. The number of carbonyl (C=O) groups is 1. The van der Waals surface area contributed by atoms with E-state index in [2.05, 4.69) is 5.32 Å². The van der Waals surface area contributed by atoms with E-state index in [9.17, 15) is 14.9 Å². The molecule has 1 atom stereocenters. The molecule has 1 saturated heterocycles. The summed E-state index contributed by atoms with van der Waals surface area (Å²) >= 11 is 0. The number of nitro groups is 1. The molecule has 0 saturated carbocycles. The minimum atomic E-state index is -0.413. The molecule has 1 amide bonds. The minimum Gasteiger partial charge on any atom is -0.316 e. The summed E-state index contributed by atoms with van der Waals surface area (Å²) < 4.78 is 0. The zero-order chi connectivity index (χ0) is 14.1. The lowest BCUT2D eigenvalue weighted by atomic mass is 9.98. The van der Waals surface area contributed by atoms with Gasteiger partial charge in [-0.2, -0.15) is 0 Å². The predicted octanol–water partition coefficient (Wildman–Crippen LogP) is 1.91. The molecule has 0 radical (unpaired) electrons. The van der Waals surface area contributed by atoms with Crippen molar-refractivity contribution in [2.24, 2.45) is 5.92 Å². The predicted molar refractivity (Wildman–Crippen MR) is 82.0 cm³/mol. The molecule has 1 N–H and O–H groups in total. The molecule has 21 heavy (non-hydrogen) atoms. The average molecular weight is 312 g/mol. The number of fused-ring (bicyclic) bond motifs is 1. The zero-order valence-corrected chi connectivity index (χ0v) is 12.4. The molecule has 2 aliphatic heterocycles. The molecule has 0 aliphatic carbocycles. The number of anilines is 1. The maximum atomic E-state index is 12.6. The van der Waals surface area contributed by atoms with Gasteiger partial charge in [-0.15, -0.1) is 12.4 Å². The average Bonchev–Trinajstić information content (AvgIpc) is 2.90. The Morgan fingerprint density at radius 2 is 2.24 bits per heavy atom. The van der Waals surface area contributed by atoms with Gasteiger partial charge in [0.1, 0.15) is 0 Å². The maximum absolute atomic E-state index is 12.6. The van der Waals surface area contributed by atoms with Crippen LogP contribution in [0.2, 0.25) is 0 Å². The van der Waals surface area contributed by atoms with E-state index in [1.54, 1.807) is 11.0 Å². The summed E-state index contributed by atoms with van der Waals surface area (Å²) in [5.74, 6) is 0.0883. The van der Waals surface area contributed by atoms with Crippen LogP contribution < -0.4 is 10.2 Å². The van der Waals surface area contributed by atoms with E-state index in [0.29, 0.717) is 13.1 Å². The van der Waals surface area contributed by atoms with E-state index in [4.69, 9.17) is 0 Å². The van der Waals surface area contributed by atoms with Crippen LogP contribution in [0.15, 0.2) is 18.2 Å². The summed E-state index contributed by atoms with van der Waals surface area (Å²) in [6, 6.07) is 4.80. The van der Waals surface area contributed by atoms with E-state index in [1.165, 1.54) is 12.1 Å². The van der Waals surface area contributed by atoms with Crippen molar-refractivity contribution in [3.05, 3.63) is 33.9 Å². The highest BCUT2D eigenvalue weighted by Crippen LogP contribution is 2.33. The number of rotatable bonds is 2. The Kier molecular flexibility index (Phi) is 4.80. The van der Waals surface area contributed by atoms with E-state index in [1.807, 2.05) is 0 Å². The SMILES string of the molecule is Cl.O=C(C1CCCNC1)N1CCc2ccc([N+](=O)[O-])cc21. The van der Waals surface area contributed by atoms with Crippen LogP contribution in [0.4, 0.5) is 11.4 Å². The Morgan fingerprint density at radius 3 is 2.90 bits per heavy atom. The first-order valence-electron chi connectivity index (χ1n) is 6.96. The summed E-state index contributed by atoms with van der Waals surface area (Å²) in [6.07, 6.45) is 2.68. The number of nitro benzene ring substituents is 1. The van der Waals surface area contributed by atoms with Crippen LogP contribution in [0.1, 0.15) is 18.4 Å². The summed E-state index contributed by atoms with van der Waals surface area (Å²) in [7, 11) is 0. The molecular formula is C14H18ClN3O3. The highest BCUT2D eigenvalue weighted by Gasteiger charge is 2.31. The fourth-order valence-electron chi connectivity index (χ4n) is 2.99. The molecule has 0 aromatic heterocycles. The van der Waals surface area contributed by atoms with E-state index in [0.717, 1.165) is 37.1 Å². The van der Waals surface area contributed by atoms with Crippen molar-refractivity contribution < 1.29 is 9.72 Å². The summed E-state index contributed by atoms with van der Waals surface area (Å²) in [5.41, 5.74) is 1.78. The summed E-state index contributed by atoms with van der Waals surface area (Å²) in [5, 5.41) is 14.1. The van der Waals surface area contributed by atoms with Gasteiger partial charge in [0.2, 0.25) is 5.91 Å². The van der Waals surface area contributed by atoms with Crippen LogP contribution in [0.5, 0.6) is 0 Å². The fraction of sp³-hybridized carbons (Fsp3) is 0.500. The summed E-state index contributed by atoms with van der Waals surface area (Å²) in [4.78, 5) is 24.7. The van der Waals surface area contributed by atoms with Gasteiger partial charge in [-0.25, -0.2) is 0 Å². The van der Waals surface area contributed by atoms with Crippen LogP contribution in [-0.4, -0.2) is 30.5 Å². The third-order valence-corrected chi connectivity index (χ3v) is 4.09. The number of benzene rings is 1. The molecule has 1 aromatic rings. The number of hydrogen-bond donors (Lipinski definition) is 1. The second-order valence-corrected chi connectivity index (χ2v) is 5.35. The Morgan fingerprint density at radius 1 is 1.43 bits per heavy atom. The Balaban J connectivity index is 0.00000161. The third-order valence-electron chi connectivity index (χ3n) is 4.09. The highest BCUT2D eigenvalue weighted by molar-refractivity contribution is 5.97. The smallest absolute Gasteiger partial charge is 0.271 e. The van der Waals surface area contributed by atoms with E-state index < -0.39 is 4.92 Å². The highest BCUT2D eigenvalue weighted by atomic mass is 35.5. The lowest BCUT2D eigenvalue weighted by Gasteiger charge is -2.27. The minimum absolute atomic E-state index is 0. The number of hydrogen-bond acceptors (Lipinski definition) is 4. The van der Waals surface area contributed by atoms with Crippen molar-refractivity contribution >= 4 is 29.7 Å². The zero-order valence-electron chi connectivity index (χ0n) is 11.6. The van der Waals surface area contributed by atoms with Crippen molar-refractivity contribution in [2.75, 3.05) is 24.5 Å². The van der Waals surface area contributed by atoms with Crippen LogP contribution in [-0.2, 0) is 11.2 Å². The summed E-state index contributed by atoms with van der Waals surface area (Å²) in [6.45, 7) is 2.30. The van der Waals surface area contributed by atoms with Crippen molar-refractivity contribution in [1.82, 2.24) is 5.32 Å². The number of nitrogens with one attached hydrogen (secondary N) is 1. The molecule has 2 aliphatic rings. The molecule has 7 heteroatoms. The van der Waals surface area contributed by atoms with Gasteiger partial charge in [0, 0.05) is 25.2 Å². The molecule has 1 aromatic carbocycles. The lowest BCUT2D eigenvalue weighted by molar-refractivity contribution is -0.384.